The van der Waals surface area contributed by atoms with E-state index in [9.17, 15) is 9.90 Å². The summed E-state index contributed by atoms with van der Waals surface area (Å²) in [4.78, 5) is 18.1. The van der Waals surface area contributed by atoms with Crippen molar-refractivity contribution in [3.63, 3.8) is 0 Å². The van der Waals surface area contributed by atoms with Crippen LogP contribution in [0.1, 0.15) is 40.4 Å². The van der Waals surface area contributed by atoms with Gasteiger partial charge in [-0.2, -0.15) is 0 Å². The number of pyridine rings is 1. The largest absolute Gasteiger partial charge is 0.491 e. The van der Waals surface area contributed by atoms with Gasteiger partial charge in [0.05, 0.1) is 24.5 Å². The van der Waals surface area contributed by atoms with Crippen LogP contribution in [0.4, 0.5) is 0 Å². The van der Waals surface area contributed by atoms with Crippen LogP contribution in [-0.2, 0) is 6.54 Å². The van der Waals surface area contributed by atoms with E-state index in [1.807, 2.05) is 24.5 Å². The second kappa shape index (κ2) is 9.50. The molecule has 0 radical (unpaired) electrons. The van der Waals surface area contributed by atoms with Gasteiger partial charge in [0, 0.05) is 24.3 Å². The van der Waals surface area contributed by atoms with Crippen molar-refractivity contribution in [3.8, 4) is 5.75 Å². The zero-order valence-electron chi connectivity index (χ0n) is 18.4. The predicted octanol–water partition coefficient (Wildman–Crippen LogP) is 4.63. The zero-order chi connectivity index (χ0) is 22.6. The lowest BCUT2D eigenvalue weighted by Gasteiger charge is -2.31. The Labute approximate surface area is 192 Å². The molecule has 0 amide bonds. The number of ether oxygens (including phenoxy) is 1. The van der Waals surface area contributed by atoms with E-state index in [4.69, 9.17) is 9.15 Å². The minimum absolute atomic E-state index is 0.205. The number of fused-ring (bicyclic) bond motifs is 1. The molecule has 1 saturated heterocycles. The van der Waals surface area contributed by atoms with Crippen molar-refractivity contribution >= 4 is 16.9 Å². The summed E-state index contributed by atoms with van der Waals surface area (Å²) in [6.07, 6.45) is 9.93. The Hall–Kier alpha value is -3.58. The average molecular weight is 446 g/mol. The van der Waals surface area contributed by atoms with Crippen molar-refractivity contribution in [3.05, 3.63) is 84.2 Å². The molecule has 3 aromatic heterocycles. The number of rotatable bonds is 8. The summed E-state index contributed by atoms with van der Waals surface area (Å²) >= 11 is 0. The fourth-order valence-corrected chi connectivity index (χ4v) is 4.71. The van der Waals surface area contributed by atoms with Crippen LogP contribution in [0.2, 0.25) is 0 Å². The van der Waals surface area contributed by atoms with Crippen molar-refractivity contribution in [1.82, 2.24) is 14.5 Å². The standard InChI is InChI=1S/C26H27N3O4/c30-26(31)22-5-1-2-6-25(22)33-15-13-28-11-8-19(9-12-28)23-18-29(17-20-4-3-14-32-20)24-16-27-10-7-21(23)24/h1-7,10,14,16,18-19H,8-9,11-13,15,17H2,(H,30,31). The molecule has 0 aliphatic carbocycles. The zero-order valence-corrected chi connectivity index (χ0v) is 18.4. The van der Waals surface area contributed by atoms with Crippen molar-refractivity contribution in [2.45, 2.75) is 25.3 Å². The molecule has 1 fully saturated rings. The summed E-state index contributed by atoms with van der Waals surface area (Å²) in [6, 6.07) is 12.8. The van der Waals surface area contributed by atoms with Crippen molar-refractivity contribution in [2.75, 3.05) is 26.2 Å². The van der Waals surface area contributed by atoms with E-state index in [0.717, 1.165) is 43.8 Å². The van der Waals surface area contributed by atoms with Gasteiger partial charge in [-0.25, -0.2) is 4.79 Å². The molecule has 1 N–H and O–H groups in total. The summed E-state index contributed by atoms with van der Waals surface area (Å²) in [7, 11) is 0. The molecule has 7 heteroatoms. The third kappa shape index (κ3) is 4.64. The number of hydrogen-bond acceptors (Lipinski definition) is 5. The second-order valence-electron chi connectivity index (χ2n) is 8.45. The van der Waals surface area contributed by atoms with Gasteiger partial charge in [-0.1, -0.05) is 12.1 Å². The molecule has 0 saturated carbocycles. The van der Waals surface area contributed by atoms with Crippen molar-refractivity contribution in [1.29, 1.82) is 0 Å². The number of aromatic nitrogens is 2. The number of aromatic carboxylic acids is 1. The predicted molar refractivity (Wildman–Crippen MR) is 125 cm³/mol. The molecule has 7 nitrogen and oxygen atoms in total. The van der Waals surface area contributed by atoms with Gasteiger partial charge in [0.1, 0.15) is 23.7 Å². The molecule has 4 aromatic rings. The lowest BCUT2D eigenvalue weighted by atomic mass is 9.89. The van der Waals surface area contributed by atoms with Crippen LogP contribution in [0.5, 0.6) is 5.75 Å². The number of nitrogens with zero attached hydrogens (tertiary/aromatic N) is 3. The Morgan fingerprint density at radius 2 is 2.00 bits per heavy atom. The molecule has 1 aliphatic heterocycles. The quantitative estimate of drug-likeness (QED) is 0.426. The number of para-hydroxylation sites is 1. The number of piperidine rings is 1. The minimum atomic E-state index is -0.965. The van der Waals surface area contributed by atoms with E-state index in [1.165, 1.54) is 10.9 Å². The van der Waals surface area contributed by atoms with Gasteiger partial charge in [0.2, 0.25) is 0 Å². The number of benzene rings is 1. The smallest absolute Gasteiger partial charge is 0.339 e. The fraction of sp³-hybridized carbons (Fsp3) is 0.308. The monoisotopic (exact) mass is 445 g/mol. The summed E-state index contributed by atoms with van der Waals surface area (Å²) in [5.41, 5.74) is 2.72. The van der Waals surface area contributed by atoms with Crippen molar-refractivity contribution in [2.24, 2.45) is 0 Å². The number of hydrogen-bond donors (Lipinski definition) is 1. The highest BCUT2D eigenvalue weighted by atomic mass is 16.5. The maximum Gasteiger partial charge on any atom is 0.339 e. The number of carboxylic acids is 1. The normalized spacial score (nSPS) is 15.2. The molecular formula is C26H27N3O4. The van der Waals surface area contributed by atoms with Crippen LogP contribution in [-0.4, -0.2) is 51.8 Å². The third-order valence-electron chi connectivity index (χ3n) is 6.43. The van der Waals surface area contributed by atoms with Crippen LogP contribution in [0.15, 0.2) is 71.7 Å². The molecule has 0 spiro atoms. The highest BCUT2D eigenvalue weighted by Crippen LogP contribution is 2.34. The fourth-order valence-electron chi connectivity index (χ4n) is 4.71. The van der Waals surface area contributed by atoms with E-state index in [1.54, 1.807) is 30.5 Å². The molecule has 0 unspecified atom stereocenters. The van der Waals surface area contributed by atoms with E-state index in [2.05, 4.69) is 26.7 Å². The van der Waals surface area contributed by atoms with Gasteiger partial charge in [0.25, 0.3) is 0 Å². The maximum absolute atomic E-state index is 11.3. The summed E-state index contributed by atoms with van der Waals surface area (Å²) in [6.45, 7) is 3.94. The van der Waals surface area contributed by atoms with Gasteiger partial charge in [-0.3, -0.25) is 9.88 Å². The Balaban J connectivity index is 1.21. The Morgan fingerprint density at radius 1 is 1.15 bits per heavy atom. The number of furan rings is 1. The Kier molecular flexibility index (Phi) is 6.13. The van der Waals surface area contributed by atoms with Crippen LogP contribution in [0.25, 0.3) is 10.9 Å². The molecule has 170 valence electrons. The summed E-state index contributed by atoms with van der Waals surface area (Å²) in [5.74, 6) is 0.893. The van der Waals surface area contributed by atoms with E-state index >= 15 is 0 Å². The van der Waals surface area contributed by atoms with E-state index in [0.29, 0.717) is 24.8 Å². The first kappa shape index (κ1) is 21.3. The van der Waals surface area contributed by atoms with Crippen LogP contribution >= 0.6 is 0 Å². The van der Waals surface area contributed by atoms with Gasteiger partial charge >= 0.3 is 5.97 Å². The Bertz CT molecular complexity index is 1220. The lowest BCUT2D eigenvalue weighted by molar-refractivity contribution is 0.0691. The number of carbonyl (C=O) groups is 1. The van der Waals surface area contributed by atoms with Crippen LogP contribution < -0.4 is 4.74 Å². The molecular weight excluding hydrogens is 418 g/mol. The van der Waals surface area contributed by atoms with Crippen molar-refractivity contribution < 1.29 is 19.1 Å². The highest BCUT2D eigenvalue weighted by molar-refractivity contribution is 5.90. The summed E-state index contributed by atoms with van der Waals surface area (Å²) in [5, 5.41) is 10.6. The molecule has 0 bridgehead atoms. The minimum Gasteiger partial charge on any atom is -0.491 e. The first-order valence-electron chi connectivity index (χ1n) is 11.3. The molecule has 5 rings (SSSR count). The topological polar surface area (TPSA) is 80.7 Å². The van der Waals surface area contributed by atoms with Crippen LogP contribution in [0, 0.1) is 0 Å². The third-order valence-corrected chi connectivity index (χ3v) is 6.43. The number of carboxylic acid groups (broad SMARTS) is 1. The Morgan fingerprint density at radius 3 is 2.79 bits per heavy atom. The van der Waals surface area contributed by atoms with Gasteiger partial charge < -0.3 is 18.8 Å². The van der Waals surface area contributed by atoms with Gasteiger partial charge in [-0.15, -0.1) is 0 Å². The molecule has 0 atom stereocenters. The van der Waals surface area contributed by atoms with E-state index < -0.39 is 5.97 Å². The first-order valence-corrected chi connectivity index (χ1v) is 11.3. The molecule has 33 heavy (non-hydrogen) atoms. The first-order chi connectivity index (χ1) is 16.2. The SMILES string of the molecule is O=C(O)c1ccccc1OCCN1CCC(c2cn(Cc3ccco3)c3cnccc23)CC1. The average Bonchev–Trinajstić information content (AvgIpc) is 3.48. The second-order valence-corrected chi connectivity index (χ2v) is 8.45. The lowest BCUT2D eigenvalue weighted by Crippen LogP contribution is -2.35. The number of likely N-dealkylation sites (tertiary alicyclic amines) is 1. The van der Waals surface area contributed by atoms with Crippen LogP contribution in [0.3, 0.4) is 0 Å². The highest BCUT2D eigenvalue weighted by Gasteiger charge is 2.24. The maximum atomic E-state index is 11.3. The molecule has 1 aliphatic rings. The summed E-state index contributed by atoms with van der Waals surface area (Å²) < 4.78 is 13.6. The van der Waals surface area contributed by atoms with Gasteiger partial charge in [-0.05, 0) is 67.7 Å². The molecule has 4 heterocycles. The molecule has 1 aromatic carbocycles. The van der Waals surface area contributed by atoms with Gasteiger partial charge in [0.15, 0.2) is 0 Å². The van der Waals surface area contributed by atoms with E-state index in [-0.39, 0.29) is 5.56 Å².